The molecule has 2 rings (SSSR count). The van der Waals surface area contributed by atoms with E-state index in [1.165, 1.54) is 19.3 Å². The lowest BCUT2D eigenvalue weighted by atomic mass is 9.85. The predicted molar refractivity (Wildman–Crippen MR) is 72.3 cm³/mol. The molecule has 1 aliphatic carbocycles. The second-order valence-electron chi connectivity index (χ2n) is 5.36. The molecule has 0 aromatic carbocycles. The van der Waals surface area contributed by atoms with Gasteiger partial charge in [0, 0.05) is 6.04 Å². The summed E-state index contributed by atoms with van der Waals surface area (Å²) in [5.74, 6) is 0.612. The standard InChI is InChI=1S/C15H25NO2/c1-2-18-15(17)12-14(16-10-6-7-11-16)13-8-4-3-5-9-13/h3-4,13-14H,2,5-12H2,1H3. The summed E-state index contributed by atoms with van der Waals surface area (Å²) in [5.41, 5.74) is 0. The minimum atomic E-state index is -0.0241. The summed E-state index contributed by atoms with van der Waals surface area (Å²) >= 11 is 0. The summed E-state index contributed by atoms with van der Waals surface area (Å²) in [6.45, 7) is 4.69. The van der Waals surface area contributed by atoms with Crippen LogP contribution in [0.1, 0.15) is 45.4 Å². The molecule has 0 N–H and O–H groups in total. The van der Waals surface area contributed by atoms with Gasteiger partial charge in [0.1, 0.15) is 0 Å². The molecule has 2 aliphatic rings. The average Bonchev–Trinajstić information content (AvgIpc) is 2.91. The minimum Gasteiger partial charge on any atom is -0.466 e. The minimum absolute atomic E-state index is 0.0241. The van der Waals surface area contributed by atoms with E-state index in [0.29, 0.717) is 25.0 Å². The lowest BCUT2D eigenvalue weighted by Gasteiger charge is -2.34. The van der Waals surface area contributed by atoms with Crippen molar-refractivity contribution in [3.8, 4) is 0 Å². The van der Waals surface area contributed by atoms with Crippen molar-refractivity contribution in [3.05, 3.63) is 12.2 Å². The Morgan fingerprint density at radius 2 is 2.17 bits per heavy atom. The first-order valence-corrected chi connectivity index (χ1v) is 7.36. The van der Waals surface area contributed by atoms with Crippen molar-refractivity contribution >= 4 is 5.97 Å². The molecule has 18 heavy (non-hydrogen) atoms. The highest BCUT2D eigenvalue weighted by atomic mass is 16.5. The third-order valence-corrected chi connectivity index (χ3v) is 4.14. The van der Waals surface area contributed by atoms with E-state index in [2.05, 4.69) is 17.1 Å². The number of esters is 1. The number of hydrogen-bond donors (Lipinski definition) is 0. The van der Waals surface area contributed by atoms with Crippen LogP contribution >= 0.6 is 0 Å². The highest BCUT2D eigenvalue weighted by molar-refractivity contribution is 5.70. The van der Waals surface area contributed by atoms with Crippen LogP contribution in [0.15, 0.2) is 12.2 Å². The molecular formula is C15H25NO2. The molecule has 0 spiro atoms. The maximum atomic E-state index is 11.8. The van der Waals surface area contributed by atoms with Crippen molar-refractivity contribution in [3.63, 3.8) is 0 Å². The van der Waals surface area contributed by atoms with E-state index in [0.717, 1.165) is 25.9 Å². The van der Waals surface area contributed by atoms with Gasteiger partial charge in [-0.05, 0) is 58.0 Å². The normalized spacial score (nSPS) is 26.2. The Hall–Kier alpha value is -0.830. The van der Waals surface area contributed by atoms with Crippen LogP contribution < -0.4 is 0 Å². The van der Waals surface area contributed by atoms with Gasteiger partial charge in [-0.2, -0.15) is 0 Å². The molecule has 0 aromatic rings. The number of hydrogen-bond acceptors (Lipinski definition) is 3. The van der Waals surface area contributed by atoms with Crippen molar-refractivity contribution in [2.24, 2.45) is 5.92 Å². The van der Waals surface area contributed by atoms with Crippen molar-refractivity contribution in [1.82, 2.24) is 4.90 Å². The third kappa shape index (κ3) is 3.58. The number of ether oxygens (including phenoxy) is 1. The highest BCUT2D eigenvalue weighted by Gasteiger charge is 2.31. The Morgan fingerprint density at radius 1 is 1.39 bits per heavy atom. The lowest BCUT2D eigenvalue weighted by molar-refractivity contribution is -0.145. The summed E-state index contributed by atoms with van der Waals surface area (Å²) in [4.78, 5) is 14.3. The van der Waals surface area contributed by atoms with Gasteiger partial charge in [-0.25, -0.2) is 0 Å². The van der Waals surface area contributed by atoms with Crippen LogP contribution in [0.5, 0.6) is 0 Å². The molecule has 0 aromatic heterocycles. The van der Waals surface area contributed by atoms with Gasteiger partial charge in [-0.15, -0.1) is 0 Å². The number of carbonyl (C=O) groups excluding carboxylic acids is 1. The highest BCUT2D eigenvalue weighted by Crippen LogP contribution is 2.29. The van der Waals surface area contributed by atoms with Crippen molar-refractivity contribution in [1.29, 1.82) is 0 Å². The largest absolute Gasteiger partial charge is 0.466 e. The zero-order chi connectivity index (χ0) is 12.8. The molecule has 1 saturated heterocycles. The molecule has 2 unspecified atom stereocenters. The summed E-state index contributed by atoms with van der Waals surface area (Å²) in [6, 6.07) is 0.400. The maximum Gasteiger partial charge on any atom is 0.307 e. The first-order chi connectivity index (χ1) is 8.81. The maximum absolute atomic E-state index is 11.8. The monoisotopic (exact) mass is 251 g/mol. The Kier molecular flexibility index (Phi) is 5.24. The third-order valence-electron chi connectivity index (χ3n) is 4.14. The van der Waals surface area contributed by atoms with Crippen molar-refractivity contribution < 1.29 is 9.53 Å². The fraction of sp³-hybridized carbons (Fsp3) is 0.800. The van der Waals surface area contributed by atoms with Crippen LogP contribution in [0.25, 0.3) is 0 Å². The Balaban J connectivity index is 1.97. The molecule has 3 heteroatoms. The van der Waals surface area contributed by atoms with Crippen LogP contribution in [-0.4, -0.2) is 36.6 Å². The second kappa shape index (κ2) is 6.93. The smallest absolute Gasteiger partial charge is 0.307 e. The molecule has 1 fully saturated rings. The van der Waals surface area contributed by atoms with E-state index < -0.39 is 0 Å². The zero-order valence-corrected chi connectivity index (χ0v) is 11.4. The van der Waals surface area contributed by atoms with Gasteiger partial charge in [-0.3, -0.25) is 9.69 Å². The van der Waals surface area contributed by atoms with E-state index in [1.807, 2.05) is 6.92 Å². The molecule has 3 nitrogen and oxygen atoms in total. The van der Waals surface area contributed by atoms with Gasteiger partial charge in [0.05, 0.1) is 13.0 Å². The van der Waals surface area contributed by atoms with Crippen molar-refractivity contribution in [2.45, 2.75) is 51.5 Å². The van der Waals surface area contributed by atoms with E-state index in [1.54, 1.807) is 0 Å². The van der Waals surface area contributed by atoms with Gasteiger partial charge < -0.3 is 4.74 Å². The van der Waals surface area contributed by atoms with Crippen LogP contribution in [-0.2, 0) is 9.53 Å². The zero-order valence-electron chi connectivity index (χ0n) is 11.4. The number of nitrogens with zero attached hydrogens (tertiary/aromatic N) is 1. The van der Waals surface area contributed by atoms with E-state index >= 15 is 0 Å². The number of carbonyl (C=O) groups is 1. The summed E-state index contributed by atoms with van der Waals surface area (Å²) in [5, 5.41) is 0. The molecular weight excluding hydrogens is 226 g/mol. The van der Waals surface area contributed by atoms with Crippen molar-refractivity contribution in [2.75, 3.05) is 19.7 Å². The number of allylic oxidation sites excluding steroid dienone is 2. The lowest BCUT2D eigenvalue weighted by Crippen LogP contribution is -2.41. The van der Waals surface area contributed by atoms with Gasteiger partial charge in [0.25, 0.3) is 0 Å². The molecule has 0 bridgehead atoms. The first kappa shape index (κ1) is 13.6. The van der Waals surface area contributed by atoms with E-state index in [-0.39, 0.29) is 5.97 Å². The Labute approximate surface area is 110 Å². The molecule has 0 saturated carbocycles. The SMILES string of the molecule is CCOC(=O)CC(C1CC=CCC1)N1CCCC1. The van der Waals surface area contributed by atoms with E-state index in [9.17, 15) is 4.79 Å². The second-order valence-corrected chi connectivity index (χ2v) is 5.36. The van der Waals surface area contributed by atoms with Crippen LogP contribution in [0.4, 0.5) is 0 Å². The Bertz CT molecular complexity index is 295. The predicted octanol–water partition coefficient (Wildman–Crippen LogP) is 2.76. The van der Waals surface area contributed by atoms with Gasteiger partial charge >= 0.3 is 5.97 Å². The number of likely N-dealkylation sites (tertiary alicyclic amines) is 1. The summed E-state index contributed by atoms with van der Waals surface area (Å²) in [6.07, 6.45) is 11.2. The topological polar surface area (TPSA) is 29.5 Å². The fourth-order valence-corrected chi connectivity index (χ4v) is 3.22. The van der Waals surface area contributed by atoms with Crippen LogP contribution in [0, 0.1) is 5.92 Å². The van der Waals surface area contributed by atoms with Gasteiger partial charge in [0.2, 0.25) is 0 Å². The quantitative estimate of drug-likeness (QED) is 0.556. The molecule has 1 heterocycles. The van der Waals surface area contributed by atoms with Crippen LogP contribution in [0.2, 0.25) is 0 Å². The fourth-order valence-electron chi connectivity index (χ4n) is 3.22. The Morgan fingerprint density at radius 3 is 2.78 bits per heavy atom. The van der Waals surface area contributed by atoms with E-state index in [4.69, 9.17) is 4.74 Å². The molecule has 1 aliphatic heterocycles. The summed E-state index contributed by atoms with van der Waals surface area (Å²) < 4.78 is 5.14. The first-order valence-electron chi connectivity index (χ1n) is 7.36. The number of rotatable bonds is 5. The molecule has 2 atom stereocenters. The van der Waals surface area contributed by atoms with Crippen LogP contribution in [0.3, 0.4) is 0 Å². The average molecular weight is 251 g/mol. The molecule has 0 amide bonds. The summed E-state index contributed by atoms with van der Waals surface area (Å²) in [7, 11) is 0. The molecule has 102 valence electrons. The molecule has 0 radical (unpaired) electrons. The van der Waals surface area contributed by atoms with Gasteiger partial charge in [-0.1, -0.05) is 12.2 Å². The van der Waals surface area contributed by atoms with Gasteiger partial charge in [0.15, 0.2) is 0 Å².